The lowest BCUT2D eigenvalue weighted by molar-refractivity contribution is -0.0888. The van der Waals surface area contributed by atoms with Crippen LogP contribution in [0.5, 0.6) is 5.75 Å². The first kappa shape index (κ1) is 18.1. The van der Waals surface area contributed by atoms with Crippen molar-refractivity contribution in [2.45, 2.75) is 16.0 Å². The molecule has 0 spiro atoms. The molecule has 0 saturated heterocycles. The highest BCUT2D eigenvalue weighted by Crippen LogP contribution is 2.37. The SMILES string of the molecule is COc1ccc(Sc2c(C(=O)C(F)(F)F)c(=O)[nH]c3ccccc23)cc1. The number of halogens is 3. The van der Waals surface area contributed by atoms with Crippen LogP contribution in [0.4, 0.5) is 13.2 Å². The van der Waals surface area contributed by atoms with Gasteiger partial charge >= 0.3 is 6.18 Å². The van der Waals surface area contributed by atoms with Gasteiger partial charge in [0.2, 0.25) is 0 Å². The number of hydrogen-bond donors (Lipinski definition) is 1. The Morgan fingerprint density at radius 2 is 1.73 bits per heavy atom. The van der Waals surface area contributed by atoms with Gasteiger partial charge < -0.3 is 9.72 Å². The molecule has 0 aliphatic rings. The fourth-order valence-corrected chi connectivity index (χ4v) is 3.51. The summed E-state index contributed by atoms with van der Waals surface area (Å²) in [7, 11) is 1.49. The Balaban J connectivity index is 2.22. The van der Waals surface area contributed by atoms with E-state index in [4.69, 9.17) is 4.74 Å². The molecule has 3 aromatic rings. The molecule has 1 N–H and O–H groups in total. The van der Waals surface area contributed by atoms with Gasteiger partial charge in [-0.3, -0.25) is 9.59 Å². The first-order valence-corrected chi connectivity index (χ1v) is 8.21. The smallest absolute Gasteiger partial charge is 0.455 e. The first-order chi connectivity index (χ1) is 12.3. The molecule has 0 aliphatic carbocycles. The van der Waals surface area contributed by atoms with Crippen molar-refractivity contribution in [1.29, 1.82) is 0 Å². The van der Waals surface area contributed by atoms with Crippen molar-refractivity contribution >= 4 is 28.4 Å². The average Bonchev–Trinajstić information content (AvgIpc) is 2.61. The molecule has 0 bridgehead atoms. The standard InChI is InChI=1S/C18H12F3NO3S/c1-25-10-6-8-11(9-7-10)26-15-12-4-2-3-5-13(12)22-17(24)14(15)16(23)18(19,20)21/h2-9H,1H3,(H,22,24). The van der Waals surface area contributed by atoms with Crippen LogP contribution in [-0.2, 0) is 0 Å². The number of carbonyl (C=O) groups is 1. The predicted molar refractivity (Wildman–Crippen MR) is 92.1 cm³/mol. The van der Waals surface area contributed by atoms with Crippen molar-refractivity contribution in [2.75, 3.05) is 7.11 Å². The number of ether oxygens (including phenoxy) is 1. The summed E-state index contributed by atoms with van der Waals surface area (Å²) in [5, 5.41) is 0.362. The Kier molecular flexibility index (Phi) is 4.78. The zero-order valence-electron chi connectivity index (χ0n) is 13.4. The van der Waals surface area contributed by atoms with Crippen LogP contribution in [0, 0.1) is 0 Å². The number of alkyl halides is 3. The molecule has 8 heteroatoms. The van der Waals surface area contributed by atoms with Gasteiger partial charge in [-0.05, 0) is 30.3 Å². The molecular formula is C18H12F3NO3S. The van der Waals surface area contributed by atoms with E-state index in [0.717, 1.165) is 11.8 Å². The Hall–Kier alpha value is -2.74. The second kappa shape index (κ2) is 6.87. The summed E-state index contributed by atoms with van der Waals surface area (Å²) in [5.74, 6) is -1.59. The van der Waals surface area contributed by atoms with Crippen LogP contribution in [0.25, 0.3) is 10.9 Å². The quantitative estimate of drug-likeness (QED) is 0.681. The summed E-state index contributed by atoms with van der Waals surface area (Å²) in [4.78, 5) is 27.0. The van der Waals surface area contributed by atoms with Gasteiger partial charge in [0.1, 0.15) is 11.3 Å². The number of pyridine rings is 1. The maximum Gasteiger partial charge on any atom is 0.455 e. The van der Waals surface area contributed by atoms with E-state index < -0.39 is 23.1 Å². The lowest BCUT2D eigenvalue weighted by atomic mass is 10.1. The number of para-hydroxylation sites is 1. The van der Waals surface area contributed by atoms with Crippen LogP contribution in [-0.4, -0.2) is 24.1 Å². The zero-order chi connectivity index (χ0) is 18.9. The van der Waals surface area contributed by atoms with Crippen LogP contribution < -0.4 is 10.3 Å². The van der Waals surface area contributed by atoms with Crippen molar-refractivity contribution in [3.8, 4) is 5.75 Å². The van der Waals surface area contributed by atoms with Crippen LogP contribution in [0.3, 0.4) is 0 Å². The third-order valence-electron chi connectivity index (χ3n) is 3.64. The minimum absolute atomic E-state index is 0.0307. The van der Waals surface area contributed by atoms with Crippen LogP contribution in [0.2, 0.25) is 0 Å². The largest absolute Gasteiger partial charge is 0.497 e. The second-order valence-electron chi connectivity index (χ2n) is 5.31. The van der Waals surface area contributed by atoms with Gasteiger partial charge in [0.15, 0.2) is 0 Å². The third-order valence-corrected chi connectivity index (χ3v) is 4.77. The van der Waals surface area contributed by atoms with Gasteiger partial charge in [0.25, 0.3) is 11.3 Å². The number of rotatable bonds is 4. The summed E-state index contributed by atoms with van der Waals surface area (Å²) in [6.07, 6.45) is -5.15. The van der Waals surface area contributed by atoms with Crippen molar-refractivity contribution < 1.29 is 22.7 Å². The number of aromatic nitrogens is 1. The topological polar surface area (TPSA) is 59.2 Å². The normalized spacial score (nSPS) is 11.5. The van der Waals surface area contributed by atoms with Crippen molar-refractivity contribution in [3.05, 3.63) is 64.4 Å². The Labute approximate surface area is 150 Å². The molecule has 4 nitrogen and oxygen atoms in total. The van der Waals surface area contributed by atoms with Gasteiger partial charge in [-0.2, -0.15) is 13.2 Å². The van der Waals surface area contributed by atoms with Crippen molar-refractivity contribution in [2.24, 2.45) is 0 Å². The fraction of sp³-hybridized carbons (Fsp3) is 0.111. The number of aromatic amines is 1. The van der Waals surface area contributed by atoms with Crippen LogP contribution in [0.15, 0.2) is 63.1 Å². The van der Waals surface area contributed by atoms with Gasteiger partial charge in [-0.1, -0.05) is 30.0 Å². The molecule has 134 valence electrons. The Morgan fingerprint density at radius 3 is 2.35 bits per heavy atom. The highest BCUT2D eigenvalue weighted by Gasteiger charge is 2.42. The Morgan fingerprint density at radius 1 is 1.08 bits per heavy atom. The third kappa shape index (κ3) is 3.45. The van der Waals surface area contributed by atoms with E-state index in [9.17, 15) is 22.8 Å². The summed E-state index contributed by atoms with van der Waals surface area (Å²) < 4.78 is 44.1. The maximum absolute atomic E-state index is 13.0. The lowest BCUT2D eigenvalue weighted by Gasteiger charge is -2.13. The minimum atomic E-state index is -5.15. The number of hydrogen-bond acceptors (Lipinski definition) is 4. The van der Waals surface area contributed by atoms with Gasteiger partial charge in [0, 0.05) is 20.7 Å². The lowest BCUT2D eigenvalue weighted by Crippen LogP contribution is -2.30. The monoisotopic (exact) mass is 379 g/mol. The number of benzene rings is 2. The molecular weight excluding hydrogens is 367 g/mol. The average molecular weight is 379 g/mol. The molecule has 0 amide bonds. The van der Waals surface area contributed by atoms with Crippen molar-refractivity contribution in [3.63, 3.8) is 0 Å². The van der Waals surface area contributed by atoms with E-state index in [1.165, 1.54) is 7.11 Å². The summed E-state index contributed by atoms with van der Waals surface area (Å²) in [5.41, 5.74) is -1.62. The number of nitrogens with one attached hydrogen (secondary N) is 1. The van der Waals surface area contributed by atoms with Crippen LogP contribution in [0.1, 0.15) is 10.4 Å². The number of ketones is 1. The molecule has 0 saturated carbocycles. The Bertz CT molecular complexity index is 1030. The number of carbonyl (C=O) groups excluding carboxylic acids is 1. The molecule has 0 atom stereocenters. The van der Waals surface area contributed by atoms with E-state index in [2.05, 4.69) is 4.98 Å². The highest BCUT2D eigenvalue weighted by atomic mass is 32.2. The molecule has 0 unspecified atom stereocenters. The van der Waals surface area contributed by atoms with Gasteiger partial charge in [0.05, 0.1) is 7.11 Å². The molecule has 0 aliphatic heterocycles. The molecule has 26 heavy (non-hydrogen) atoms. The van der Waals surface area contributed by atoms with Crippen molar-refractivity contribution in [1.82, 2.24) is 4.98 Å². The minimum Gasteiger partial charge on any atom is -0.497 e. The van der Waals surface area contributed by atoms with Crippen LogP contribution >= 0.6 is 11.8 Å². The molecule has 0 fully saturated rings. The van der Waals surface area contributed by atoms with E-state index in [1.54, 1.807) is 48.5 Å². The summed E-state index contributed by atoms with van der Waals surface area (Å²) in [6.45, 7) is 0. The number of fused-ring (bicyclic) bond motifs is 1. The van der Waals surface area contributed by atoms with E-state index in [0.29, 0.717) is 21.5 Å². The summed E-state index contributed by atoms with van der Waals surface area (Å²) in [6, 6.07) is 13.0. The number of H-pyrrole nitrogens is 1. The van der Waals surface area contributed by atoms with E-state index in [-0.39, 0.29) is 4.90 Å². The summed E-state index contributed by atoms with van der Waals surface area (Å²) >= 11 is 0.925. The molecule has 3 rings (SSSR count). The fourth-order valence-electron chi connectivity index (χ4n) is 2.43. The second-order valence-corrected chi connectivity index (χ2v) is 6.39. The molecule has 2 aromatic carbocycles. The zero-order valence-corrected chi connectivity index (χ0v) is 14.2. The molecule has 1 heterocycles. The molecule has 0 radical (unpaired) electrons. The van der Waals surface area contributed by atoms with E-state index in [1.807, 2.05) is 0 Å². The first-order valence-electron chi connectivity index (χ1n) is 7.39. The molecule has 1 aromatic heterocycles. The van der Waals surface area contributed by atoms with Gasteiger partial charge in [-0.15, -0.1) is 0 Å². The number of Topliss-reactive ketones (excluding diaryl/α,β-unsaturated/α-hetero) is 1. The van der Waals surface area contributed by atoms with E-state index >= 15 is 0 Å². The maximum atomic E-state index is 13.0. The highest BCUT2D eigenvalue weighted by molar-refractivity contribution is 7.99. The van der Waals surface area contributed by atoms with Gasteiger partial charge in [-0.25, -0.2) is 0 Å². The number of methoxy groups -OCH3 is 1. The predicted octanol–water partition coefficient (Wildman–Crippen LogP) is 4.43.